The van der Waals surface area contributed by atoms with E-state index in [1.54, 1.807) is 6.92 Å². The fourth-order valence-electron chi connectivity index (χ4n) is 1.15. The molecule has 0 unspecified atom stereocenters. The maximum absolute atomic E-state index is 13.2. The fourth-order valence-corrected chi connectivity index (χ4v) is 1.36. The molecule has 0 aliphatic heterocycles. The van der Waals surface area contributed by atoms with Gasteiger partial charge in [-0.25, -0.2) is 8.78 Å². The highest BCUT2D eigenvalue weighted by Gasteiger charge is 2.15. The van der Waals surface area contributed by atoms with Crippen LogP contribution in [0.5, 0.6) is 0 Å². The molecule has 0 aromatic heterocycles. The maximum Gasteiger partial charge on any atom is 0.224 e. The molecule has 0 aliphatic carbocycles. The van der Waals surface area contributed by atoms with Gasteiger partial charge in [-0.3, -0.25) is 4.79 Å². The standard InChI is InChI=1S/C10H10ClF2NO/c1-2-14-9(15)5-6-7(11)3-4-8(12)10(6)13/h3-4H,2,5H2,1H3,(H,14,15). The summed E-state index contributed by atoms with van der Waals surface area (Å²) in [6.07, 6.45) is -0.254. The molecule has 1 amide bonds. The molecular weight excluding hydrogens is 224 g/mol. The molecule has 5 heteroatoms. The van der Waals surface area contributed by atoms with Gasteiger partial charge in [0.15, 0.2) is 11.6 Å². The van der Waals surface area contributed by atoms with Crippen molar-refractivity contribution in [2.75, 3.05) is 6.54 Å². The summed E-state index contributed by atoms with van der Waals surface area (Å²) < 4.78 is 26.1. The Morgan fingerprint density at radius 1 is 1.47 bits per heavy atom. The van der Waals surface area contributed by atoms with Crippen molar-refractivity contribution in [2.24, 2.45) is 0 Å². The summed E-state index contributed by atoms with van der Waals surface area (Å²) in [6.45, 7) is 2.18. The van der Waals surface area contributed by atoms with Crippen LogP contribution in [0.2, 0.25) is 5.02 Å². The molecule has 0 saturated carbocycles. The summed E-state index contributed by atoms with van der Waals surface area (Å²) in [6, 6.07) is 2.16. The van der Waals surface area contributed by atoms with E-state index >= 15 is 0 Å². The largest absolute Gasteiger partial charge is 0.356 e. The number of halogens is 3. The monoisotopic (exact) mass is 233 g/mol. The third-order valence-electron chi connectivity index (χ3n) is 1.85. The molecule has 0 atom stereocenters. The second kappa shape index (κ2) is 5.07. The predicted molar refractivity (Wildman–Crippen MR) is 53.8 cm³/mol. The van der Waals surface area contributed by atoms with E-state index in [4.69, 9.17) is 11.6 Å². The van der Waals surface area contributed by atoms with E-state index in [-0.39, 0.29) is 22.9 Å². The first-order valence-electron chi connectivity index (χ1n) is 4.45. The first kappa shape index (κ1) is 11.9. The Morgan fingerprint density at radius 2 is 2.13 bits per heavy atom. The summed E-state index contributed by atoms with van der Waals surface area (Å²) >= 11 is 5.66. The minimum atomic E-state index is -1.06. The lowest BCUT2D eigenvalue weighted by Crippen LogP contribution is -2.25. The van der Waals surface area contributed by atoms with Crippen molar-refractivity contribution in [1.82, 2.24) is 5.32 Å². The molecular formula is C10H10ClF2NO. The molecule has 0 spiro atoms. The number of likely N-dealkylation sites (N-methyl/N-ethyl adjacent to an activating group) is 1. The van der Waals surface area contributed by atoms with Gasteiger partial charge >= 0.3 is 0 Å². The van der Waals surface area contributed by atoms with Crippen LogP contribution >= 0.6 is 11.6 Å². The number of hydrogen-bond donors (Lipinski definition) is 1. The van der Waals surface area contributed by atoms with Crippen LogP contribution in [-0.2, 0) is 11.2 Å². The van der Waals surface area contributed by atoms with Crippen LogP contribution in [0.4, 0.5) is 8.78 Å². The third kappa shape index (κ3) is 2.89. The van der Waals surface area contributed by atoms with Gasteiger partial charge in [-0.2, -0.15) is 0 Å². The molecule has 0 saturated heterocycles. The second-order valence-corrected chi connectivity index (χ2v) is 3.36. The Balaban J connectivity index is 2.93. The SMILES string of the molecule is CCNC(=O)Cc1c(Cl)ccc(F)c1F. The number of rotatable bonds is 3. The molecule has 1 aromatic carbocycles. The Labute approximate surface area is 91.2 Å². The summed E-state index contributed by atoms with van der Waals surface area (Å²) in [4.78, 5) is 11.2. The van der Waals surface area contributed by atoms with Gasteiger partial charge in [-0.05, 0) is 19.1 Å². The molecule has 1 aromatic rings. The van der Waals surface area contributed by atoms with Crippen molar-refractivity contribution in [1.29, 1.82) is 0 Å². The molecule has 0 heterocycles. The van der Waals surface area contributed by atoms with Crippen LogP contribution in [0.1, 0.15) is 12.5 Å². The van der Waals surface area contributed by atoms with Crippen LogP contribution in [0, 0.1) is 11.6 Å². The number of benzene rings is 1. The molecule has 0 aliphatic rings. The quantitative estimate of drug-likeness (QED) is 0.798. The number of nitrogens with one attached hydrogen (secondary N) is 1. The maximum atomic E-state index is 13.2. The van der Waals surface area contributed by atoms with Gasteiger partial charge in [-0.15, -0.1) is 0 Å². The van der Waals surface area contributed by atoms with Gasteiger partial charge in [0.25, 0.3) is 0 Å². The molecule has 2 nitrogen and oxygen atoms in total. The van der Waals surface area contributed by atoms with Crippen molar-refractivity contribution in [3.8, 4) is 0 Å². The van der Waals surface area contributed by atoms with Crippen molar-refractivity contribution in [3.63, 3.8) is 0 Å². The molecule has 1 N–H and O–H groups in total. The zero-order chi connectivity index (χ0) is 11.4. The van der Waals surface area contributed by atoms with E-state index in [0.29, 0.717) is 6.54 Å². The Bertz CT molecular complexity index is 382. The average molecular weight is 234 g/mol. The molecule has 0 fully saturated rings. The van der Waals surface area contributed by atoms with Crippen LogP contribution in [0.15, 0.2) is 12.1 Å². The van der Waals surface area contributed by atoms with Crippen LogP contribution in [-0.4, -0.2) is 12.5 Å². The molecule has 82 valence electrons. The normalized spacial score (nSPS) is 10.1. The van der Waals surface area contributed by atoms with Gasteiger partial charge in [-0.1, -0.05) is 11.6 Å². The number of amides is 1. The predicted octanol–water partition coefficient (Wildman–Crippen LogP) is 2.30. The highest BCUT2D eigenvalue weighted by atomic mass is 35.5. The number of hydrogen-bond acceptors (Lipinski definition) is 1. The van der Waals surface area contributed by atoms with Crippen LogP contribution in [0.3, 0.4) is 0 Å². The zero-order valence-electron chi connectivity index (χ0n) is 8.11. The van der Waals surface area contributed by atoms with Gasteiger partial charge in [0.2, 0.25) is 5.91 Å². The smallest absolute Gasteiger partial charge is 0.224 e. The highest BCUT2D eigenvalue weighted by Crippen LogP contribution is 2.21. The molecule has 1 rings (SSSR count). The van der Waals surface area contributed by atoms with Crippen molar-refractivity contribution < 1.29 is 13.6 Å². The topological polar surface area (TPSA) is 29.1 Å². The van der Waals surface area contributed by atoms with Crippen LogP contribution < -0.4 is 5.32 Å². The van der Waals surface area contributed by atoms with E-state index in [0.717, 1.165) is 6.07 Å². The van der Waals surface area contributed by atoms with Gasteiger partial charge in [0, 0.05) is 17.1 Å². The van der Waals surface area contributed by atoms with Crippen LogP contribution in [0.25, 0.3) is 0 Å². The lowest BCUT2D eigenvalue weighted by Gasteiger charge is -2.06. The second-order valence-electron chi connectivity index (χ2n) is 2.95. The lowest BCUT2D eigenvalue weighted by molar-refractivity contribution is -0.120. The number of carbonyl (C=O) groups is 1. The third-order valence-corrected chi connectivity index (χ3v) is 2.20. The van der Waals surface area contributed by atoms with Gasteiger partial charge in [0.1, 0.15) is 0 Å². The molecule has 15 heavy (non-hydrogen) atoms. The Morgan fingerprint density at radius 3 is 2.73 bits per heavy atom. The summed E-state index contributed by atoms with van der Waals surface area (Å²) in [5.74, 6) is -2.45. The zero-order valence-corrected chi connectivity index (χ0v) is 8.87. The molecule has 0 bridgehead atoms. The van der Waals surface area contributed by atoms with E-state index in [9.17, 15) is 13.6 Å². The van der Waals surface area contributed by atoms with E-state index in [2.05, 4.69) is 5.32 Å². The minimum Gasteiger partial charge on any atom is -0.356 e. The number of carbonyl (C=O) groups excluding carboxylic acids is 1. The first-order chi connectivity index (χ1) is 7.06. The van der Waals surface area contributed by atoms with E-state index < -0.39 is 11.6 Å². The summed E-state index contributed by atoms with van der Waals surface area (Å²) in [5, 5.41) is 2.54. The van der Waals surface area contributed by atoms with Crippen molar-refractivity contribution in [3.05, 3.63) is 34.4 Å². The fraction of sp³-hybridized carbons (Fsp3) is 0.300. The van der Waals surface area contributed by atoms with Crippen molar-refractivity contribution in [2.45, 2.75) is 13.3 Å². The van der Waals surface area contributed by atoms with Gasteiger partial charge in [0.05, 0.1) is 6.42 Å². The minimum absolute atomic E-state index is 0.0557. The van der Waals surface area contributed by atoms with E-state index in [1.807, 2.05) is 0 Å². The Hall–Kier alpha value is -1.16. The average Bonchev–Trinajstić information content (AvgIpc) is 2.19. The summed E-state index contributed by atoms with van der Waals surface area (Å²) in [5.41, 5.74) is -0.109. The van der Waals surface area contributed by atoms with E-state index in [1.165, 1.54) is 6.07 Å². The molecule has 0 radical (unpaired) electrons. The lowest BCUT2D eigenvalue weighted by atomic mass is 10.1. The highest BCUT2D eigenvalue weighted by molar-refractivity contribution is 6.31. The first-order valence-corrected chi connectivity index (χ1v) is 4.83. The Kier molecular flexibility index (Phi) is 4.03. The van der Waals surface area contributed by atoms with Gasteiger partial charge < -0.3 is 5.32 Å². The van der Waals surface area contributed by atoms with Crippen molar-refractivity contribution >= 4 is 17.5 Å². The summed E-state index contributed by atoms with van der Waals surface area (Å²) in [7, 11) is 0.